The summed E-state index contributed by atoms with van der Waals surface area (Å²) in [4.78, 5) is 19.4. The number of aliphatic carboxylic acids is 1. The molecule has 1 atom stereocenters. The zero-order valence-corrected chi connectivity index (χ0v) is 8.24. The molecule has 1 amide bonds. The van der Waals surface area contributed by atoms with E-state index in [0.717, 1.165) is 12.6 Å². The van der Waals surface area contributed by atoms with Gasteiger partial charge in [0.15, 0.2) is 0 Å². The number of carboxylic acid groups (broad SMARTS) is 1. The quantitative estimate of drug-likeness (QED) is 0.672. The Bertz CT molecular complexity index is 169. The van der Waals surface area contributed by atoms with Crippen LogP contribution >= 0.6 is 0 Å². The van der Waals surface area contributed by atoms with Crippen LogP contribution in [0.25, 0.3) is 0 Å². The minimum absolute atomic E-state index is 0.0799. The van der Waals surface area contributed by atoms with Crippen LogP contribution in [0.15, 0.2) is 0 Å². The van der Waals surface area contributed by atoms with E-state index in [1.54, 1.807) is 6.92 Å². The molecule has 0 aliphatic heterocycles. The zero-order chi connectivity index (χ0) is 11.6. The molecule has 6 nitrogen and oxygen atoms in total. The van der Waals surface area contributed by atoms with Gasteiger partial charge >= 0.3 is 12.1 Å². The van der Waals surface area contributed by atoms with E-state index in [-0.39, 0.29) is 12.5 Å². The fourth-order valence-corrected chi connectivity index (χ4v) is 0.368. The van der Waals surface area contributed by atoms with Gasteiger partial charge in [-0.1, -0.05) is 4.48 Å². The highest BCUT2D eigenvalue weighted by Crippen LogP contribution is 1.92. The lowest BCUT2D eigenvalue weighted by Crippen LogP contribution is -2.11. The first-order chi connectivity index (χ1) is 6.47. The summed E-state index contributed by atoms with van der Waals surface area (Å²) < 4.78 is 19.1. The Hall–Kier alpha value is -1.37. The summed E-state index contributed by atoms with van der Waals surface area (Å²) >= 11 is 0. The fourth-order valence-electron chi connectivity index (χ4n) is 0.368. The Kier molecular flexibility index (Phi) is 10.5. The van der Waals surface area contributed by atoms with Crippen LogP contribution in [0, 0.1) is 0 Å². The van der Waals surface area contributed by atoms with Crippen molar-refractivity contribution >= 4 is 12.1 Å². The van der Waals surface area contributed by atoms with Crippen molar-refractivity contribution in [2.75, 3.05) is 14.2 Å². The summed E-state index contributed by atoms with van der Waals surface area (Å²) in [6.07, 6.45) is -1.17. The van der Waals surface area contributed by atoms with Gasteiger partial charge in [0.05, 0.1) is 19.6 Å². The first-order valence-electron chi connectivity index (χ1n) is 3.67. The summed E-state index contributed by atoms with van der Waals surface area (Å²) in [5, 5.41) is 8.14. The number of carbonyl (C=O) groups is 2. The van der Waals surface area contributed by atoms with E-state index in [0.29, 0.717) is 0 Å². The average Bonchev–Trinajstić information content (AvgIpc) is 2.16. The molecule has 0 aliphatic carbocycles. The second kappa shape index (κ2) is 9.72. The molecule has 0 radical (unpaired) electrons. The van der Waals surface area contributed by atoms with Gasteiger partial charge in [0, 0.05) is 7.11 Å². The Labute approximate surface area is 80.9 Å². The Morgan fingerprint density at radius 2 is 2.00 bits per heavy atom. The smallest absolute Gasteiger partial charge is 0.435 e. The van der Waals surface area contributed by atoms with Gasteiger partial charge in [0.2, 0.25) is 0 Å². The third kappa shape index (κ3) is 13.2. The number of hydrogen-bond donors (Lipinski definition) is 2. The van der Waals surface area contributed by atoms with Gasteiger partial charge in [-0.2, -0.15) is 5.54 Å². The van der Waals surface area contributed by atoms with Gasteiger partial charge in [-0.15, -0.1) is 0 Å². The van der Waals surface area contributed by atoms with Crippen molar-refractivity contribution in [1.82, 2.24) is 5.54 Å². The molecule has 0 fully saturated rings. The number of carbonyl (C=O) groups excluding carboxylic acids is 1. The molecule has 1 unspecified atom stereocenters. The fraction of sp³-hybridized carbons (Fsp3) is 0.714. The van der Waals surface area contributed by atoms with E-state index in [9.17, 15) is 14.1 Å². The van der Waals surface area contributed by atoms with E-state index in [2.05, 4.69) is 9.47 Å². The van der Waals surface area contributed by atoms with Gasteiger partial charge in [0.25, 0.3) is 0 Å². The predicted molar refractivity (Wildman–Crippen MR) is 45.4 cm³/mol. The Morgan fingerprint density at radius 1 is 1.50 bits per heavy atom. The number of methoxy groups -OCH3 is 2. The zero-order valence-electron chi connectivity index (χ0n) is 8.24. The van der Waals surface area contributed by atoms with E-state index >= 15 is 0 Å². The van der Waals surface area contributed by atoms with Crippen LogP contribution in [0.2, 0.25) is 0 Å². The highest BCUT2D eigenvalue weighted by Gasteiger charge is 2.03. The first-order valence-corrected chi connectivity index (χ1v) is 3.67. The normalized spacial score (nSPS) is 10.6. The highest BCUT2D eigenvalue weighted by atomic mass is 19.2. The first kappa shape index (κ1) is 15.1. The van der Waals surface area contributed by atoms with Crippen LogP contribution in [-0.2, 0) is 14.3 Å². The molecule has 0 spiro atoms. The summed E-state index contributed by atoms with van der Waals surface area (Å²) in [7, 11) is 2.57. The predicted octanol–water partition coefficient (Wildman–Crippen LogP) is 0.723. The minimum Gasteiger partial charge on any atom is -0.481 e. The lowest BCUT2D eigenvalue weighted by molar-refractivity contribution is -0.139. The van der Waals surface area contributed by atoms with Crippen molar-refractivity contribution < 1.29 is 28.7 Å². The number of halogens is 1. The van der Waals surface area contributed by atoms with Gasteiger partial charge in [-0.05, 0) is 6.92 Å². The van der Waals surface area contributed by atoms with Crippen LogP contribution in [0.5, 0.6) is 0 Å². The van der Waals surface area contributed by atoms with Gasteiger partial charge in [0.1, 0.15) is 0 Å². The van der Waals surface area contributed by atoms with Gasteiger partial charge in [-0.3, -0.25) is 4.79 Å². The van der Waals surface area contributed by atoms with Gasteiger partial charge in [-0.25, -0.2) is 4.79 Å². The van der Waals surface area contributed by atoms with Crippen LogP contribution in [0.4, 0.5) is 9.28 Å². The van der Waals surface area contributed by atoms with E-state index in [1.165, 1.54) is 7.11 Å². The third-order valence-corrected chi connectivity index (χ3v) is 1.13. The molecule has 0 saturated heterocycles. The molecule has 0 aliphatic rings. The number of ether oxygens (including phenoxy) is 2. The van der Waals surface area contributed by atoms with Gasteiger partial charge < -0.3 is 14.6 Å². The summed E-state index contributed by atoms with van der Waals surface area (Å²) in [6, 6.07) is 0. The Morgan fingerprint density at radius 3 is 2.07 bits per heavy atom. The molecule has 0 aromatic carbocycles. The number of hydrogen-bond acceptors (Lipinski definition) is 4. The molecular formula is C7H14FNO5. The van der Waals surface area contributed by atoms with E-state index in [4.69, 9.17) is 5.11 Å². The molecule has 0 heterocycles. The molecule has 0 aromatic heterocycles. The van der Waals surface area contributed by atoms with Crippen LogP contribution in [0.1, 0.15) is 13.3 Å². The highest BCUT2D eigenvalue weighted by molar-refractivity contribution is 5.67. The maximum atomic E-state index is 10.7. The maximum absolute atomic E-state index is 10.7. The lowest BCUT2D eigenvalue weighted by Gasteiger charge is -2.02. The number of carboxylic acids is 1. The van der Waals surface area contributed by atoms with E-state index < -0.39 is 12.1 Å². The topological polar surface area (TPSA) is 84.9 Å². The molecular weight excluding hydrogens is 197 g/mol. The van der Waals surface area contributed by atoms with Crippen molar-refractivity contribution in [2.24, 2.45) is 0 Å². The van der Waals surface area contributed by atoms with E-state index in [1.807, 2.05) is 0 Å². The molecule has 7 heteroatoms. The minimum atomic E-state index is -1.07. The SMILES string of the molecule is COC(=O)NF.COC(C)CC(=O)O. The number of nitrogens with one attached hydrogen (secondary N) is 1. The average molecular weight is 211 g/mol. The van der Waals surface area contributed by atoms with Crippen molar-refractivity contribution in [1.29, 1.82) is 0 Å². The molecule has 0 saturated carbocycles. The molecule has 2 N–H and O–H groups in total. The molecule has 0 rings (SSSR count). The number of rotatable bonds is 3. The monoisotopic (exact) mass is 211 g/mol. The van der Waals surface area contributed by atoms with Crippen molar-refractivity contribution in [3.63, 3.8) is 0 Å². The summed E-state index contributed by atoms with van der Waals surface area (Å²) in [6.45, 7) is 1.72. The van der Waals surface area contributed by atoms with Crippen molar-refractivity contribution in [3.8, 4) is 0 Å². The standard InChI is InChI=1S/C5H10O3.C2H4FNO2/c1-4(8-2)3-5(6)7;1-6-2(5)4-3/h4H,3H2,1-2H3,(H,6,7);1H3,(H,4,5). The second-order valence-electron chi connectivity index (χ2n) is 2.23. The Balaban J connectivity index is 0. The molecule has 0 bridgehead atoms. The number of amides is 1. The van der Waals surface area contributed by atoms with Crippen LogP contribution in [0.3, 0.4) is 0 Å². The lowest BCUT2D eigenvalue weighted by atomic mass is 10.3. The van der Waals surface area contributed by atoms with Crippen molar-refractivity contribution in [2.45, 2.75) is 19.4 Å². The molecule has 84 valence electrons. The van der Waals surface area contributed by atoms with Crippen LogP contribution < -0.4 is 5.54 Å². The second-order valence-corrected chi connectivity index (χ2v) is 2.23. The maximum Gasteiger partial charge on any atom is 0.435 e. The third-order valence-electron chi connectivity index (χ3n) is 1.13. The van der Waals surface area contributed by atoms with Crippen LogP contribution in [-0.4, -0.2) is 37.5 Å². The molecule has 14 heavy (non-hydrogen) atoms. The van der Waals surface area contributed by atoms with Crippen molar-refractivity contribution in [3.05, 3.63) is 0 Å². The summed E-state index contributed by atoms with van der Waals surface area (Å²) in [5.41, 5.74) is 0.753. The molecule has 0 aromatic rings. The summed E-state index contributed by atoms with van der Waals surface area (Å²) in [5.74, 6) is -0.820. The largest absolute Gasteiger partial charge is 0.481 e.